The largest absolute Gasteiger partial charge is 0.390 e. The van der Waals surface area contributed by atoms with E-state index in [1.165, 1.54) is 179 Å². The molecule has 2 aromatic rings. The number of nitrogens with one attached hydrogen (secondary N) is 2. The number of rotatable bonds is 53. The van der Waals surface area contributed by atoms with Gasteiger partial charge in [0.25, 0.3) is 10.0 Å². The van der Waals surface area contributed by atoms with Crippen molar-refractivity contribution in [3.8, 4) is 0 Å². The third-order valence-electron chi connectivity index (χ3n) is 17.1. The van der Waals surface area contributed by atoms with Crippen LogP contribution in [0.2, 0.25) is 0 Å². The Bertz CT molecular complexity index is 2100. The van der Waals surface area contributed by atoms with E-state index >= 15 is 0 Å². The van der Waals surface area contributed by atoms with E-state index in [0.717, 1.165) is 55.6 Å². The van der Waals surface area contributed by atoms with E-state index in [4.69, 9.17) is 9.47 Å². The number of aliphatic hydroxyl groups excluding tert-OH is 5. The zero-order chi connectivity index (χ0) is 61.2. The first kappa shape index (κ1) is 75.3. The molecule has 0 aromatic heterocycles. The van der Waals surface area contributed by atoms with Gasteiger partial charge in [0.15, 0.2) is 6.29 Å². The van der Waals surface area contributed by atoms with Gasteiger partial charge < -0.3 is 45.2 Å². The zero-order valence-electron chi connectivity index (χ0n) is 53.5. The number of sulfonamides is 1. The summed E-state index contributed by atoms with van der Waals surface area (Å²) in [7, 11) is -0.725. The summed E-state index contributed by atoms with van der Waals surface area (Å²) in [5.41, 5.74) is 0.796. The number of unbranched alkanes of at least 4 members (excludes halogenated alkanes) is 35. The van der Waals surface area contributed by atoms with Gasteiger partial charge in [0.2, 0.25) is 11.8 Å². The Balaban J connectivity index is 1.55. The molecule has 0 aliphatic carbocycles. The number of ether oxygens (including phenoxy) is 2. The highest BCUT2D eigenvalue weighted by atomic mass is 32.2. The molecule has 0 radical (unpaired) electrons. The van der Waals surface area contributed by atoms with Crippen molar-refractivity contribution in [2.45, 2.75) is 338 Å². The molecule has 84 heavy (non-hydrogen) atoms. The topological polar surface area (TPSA) is 218 Å². The zero-order valence-corrected chi connectivity index (χ0v) is 54.3. The van der Waals surface area contributed by atoms with E-state index in [2.05, 4.69) is 24.0 Å². The van der Waals surface area contributed by atoms with Crippen LogP contribution in [0.4, 0.5) is 5.69 Å². The second kappa shape index (κ2) is 46.2. The van der Waals surface area contributed by atoms with Gasteiger partial charge in [0.05, 0.1) is 30.2 Å². The predicted molar refractivity (Wildman–Crippen MR) is 343 cm³/mol. The number of hydrogen-bond acceptors (Lipinski definition) is 12. The van der Waals surface area contributed by atoms with Crippen molar-refractivity contribution < 1.29 is 53.0 Å². The van der Waals surface area contributed by atoms with E-state index < -0.39 is 78.0 Å². The number of carbonyl (C=O) groups excluding carboxylic acids is 2. The Kier molecular flexibility index (Phi) is 41.4. The van der Waals surface area contributed by atoms with Crippen LogP contribution in [0.1, 0.15) is 284 Å². The van der Waals surface area contributed by atoms with E-state index in [0.29, 0.717) is 42.9 Å². The molecule has 15 nitrogen and oxygen atoms in total. The van der Waals surface area contributed by atoms with Crippen LogP contribution >= 0.6 is 0 Å². The fourth-order valence-electron chi connectivity index (χ4n) is 11.7. The number of hydrogen-bond donors (Lipinski definition) is 7. The molecule has 0 saturated carbocycles. The maximum atomic E-state index is 14.3. The normalized spacial score (nSPS) is 18.5. The number of amides is 2. The Morgan fingerprint density at radius 2 is 0.964 bits per heavy atom. The van der Waals surface area contributed by atoms with E-state index in [1.807, 2.05) is 38.1 Å². The van der Waals surface area contributed by atoms with Crippen LogP contribution in [0.25, 0.3) is 10.8 Å². The quantitative estimate of drug-likeness (QED) is 0.0243. The number of benzene rings is 2. The first-order valence-electron chi connectivity index (χ1n) is 34.1. The Morgan fingerprint density at radius 3 is 1.44 bits per heavy atom. The molecule has 1 aliphatic rings. The molecule has 1 fully saturated rings. The fraction of sp³-hybridized carbons (Fsp3) is 0.824. The second-order valence-electron chi connectivity index (χ2n) is 24.9. The summed E-state index contributed by atoms with van der Waals surface area (Å²) in [5, 5.41) is 61.5. The smallest absolute Gasteiger partial charge is 0.258 e. The van der Waals surface area contributed by atoms with Gasteiger partial charge in [-0.25, -0.2) is 8.42 Å². The maximum absolute atomic E-state index is 14.3. The van der Waals surface area contributed by atoms with Crippen molar-refractivity contribution in [2.24, 2.45) is 0 Å². The molecule has 3 rings (SSSR count). The minimum Gasteiger partial charge on any atom is -0.390 e. The lowest BCUT2D eigenvalue weighted by Gasteiger charge is -2.42. The highest BCUT2D eigenvalue weighted by Crippen LogP contribution is 2.31. The summed E-state index contributed by atoms with van der Waals surface area (Å²) in [6.07, 6.45) is 34.5. The summed E-state index contributed by atoms with van der Waals surface area (Å²) >= 11 is 0. The van der Waals surface area contributed by atoms with Crippen LogP contribution in [-0.2, 0) is 29.1 Å². The first-order valence-corrected chi connectivity index (χ1v) is 35.6. The molecule has 1 saturated heterocycles. The lowest BCUT2D eigenvalue weighted by Crippen LogP contribution is -2.63. The molecule has 0 unspecified atom stereocenters. The van der Waals surface area contributed by atoms with Crippen LogP contribution in [0.15, 0.2) is 41.3 Å². The van der Waals surface area contributed by atoms with Crippen molar-refractivity contribution in [1.82, 2.24) is 15.2 Å². The number of nitrogens with zero attached hydrogens (tertiary/aromatic N) is 2. The fourth-order valence-corrected chi connectivity index (χ4v) is 13.0. The van der Waals surface area contributed by atoms with Crippen LogP contribution in [0, 0.1) is 0 Å². The molecule has 0 bridgehead atoms. The van der Waals surface area contributed by atoms with Gasteiger partial charge in [-0.05, 0) is 31.4 Å². The third-order valence-corrected chi connectivity index (χ3v) is 18.5. The highest BCUT2D eigenvalue weighted by molar-refractivity contribution is 7.89. The van der Waals surface area contributed by atoms with Gasteiger partial charge in [-0.3, -0.25) is 14.6 Å². The average molecular weight is 1200 g/mol. The average Bonchev–Trinajstić information content (AvgIpc) is 3.65. The van der Waals surface area contributed by atoms with Crippen LogP contribution in [0.3, 0.4) is 0 Å². The van der Waals surface area contributed by atoms with Crippen molar-refractivity contribution >= 4 is 38.3 Å². The monoisotopic (exact) mass is 1200 g/mol. The molecule has 7 N–H and O–H groups in total. The first-order chi connectivity index (χ1) is 40.7. The van der Waals surface area contributed by atoms with Gasteiger partial charge in [-0.2, -0.15) is 0 Å². The summed E-state index contributed by atoms with van der Waals surface area (Å²) in [4.78, 5) is 31.7. The summed E-state index contributed by atoms with van der Waals surface area (Å²) in [6.45, 7) is 5.48. The van der Waals surface area contributed by atoms with Gasteiger partial charge in [0.1, 0.15) is 30.5 Å². The molecule has 8 atom stereocenters. The predicted octanol–water partition coefficient (Wildman–Crippen LogP) is 14.0. The number of carbonyl (C=O) groups is 2. The molecule has 2 aromatic carbocycles. The molecule has 16 heteroatoms. The summed E-state index contributed by atoms with van der Waals surface area (Å²) in [5.74, 6) is -0.917. The lowest BCUT2D eigenvalue weighted by molar-refractivity contribution is -0.300. The van der Waals surface area contributed by atoms with Crippen molar-refractivity contribution in [2.75, 3.05) is 32.1 Å². The minimum atomic E-state index is -4.44. The molecular formula is C68H122N4O11S. The molecule has 0 spiro atoms. The molecule has 1 heterocycles. The van der Waals surface area contributed by atoms with E-state index in [1.54, 1.807) is 18.2 Å². The number of aliphatic hydroxyl groups is 5. The SMILES string of the molecule is CCCCCCCCCCCCCCCCCCCCCCCCCC(=O)N[C@@H](CO[C@H]1O[C@H](CN(NS(=O)(=O)c2cccc3c(N(C)C)cccc23)C(=O)CCCCC)[C@H](O)[C@H](O)[C@H]1O)[C@H](O)[C@H](O)CCCCCCCCCCCCCC. The third kappa shape index (κ3) is 30.8. The minimum absolute atomic E-state index is 0.0227. The van der Waals surface area contributed by atoms with Crippen LogP contribution in [-0.4, -0.2) is 127 Å². The van der Waals surface area contributed by atoms with E-state index in [-0.39, 0.29) is 23.6 Å². The summed E-state index contributed by atoms with van der Waals surface area (Å²) < 4.78 is 40.6. The van der Waals surface area contributed by atoms with Crippen molar-refractivity contribution in [1.29, 1.82) is 0 Å². The van der Waals surface area contributed by atoms with Gasteiger partial charge in [-0.1, -0.05) is 276 Å². The van der Waals surface area contributed by atoms with E-state index in [9.17, 15) is 43.5 Å². The number of fused-ring (bicyclic) bond motifs is 1. The van der Waals surface area contributed by atoms with Crippen molar-refractivity contribution in [3.63, 3.8) is 0 Å². The number of hydrazine groups is 1. The second-order valence-corrected chi connectivity index (χ2v) is 26.5. The standard InChI is InChI=1S/C68H122N4O11S/c1-6-9-12-14-16-18-20-22-23-24-25-26-27-28-29-30-31-32-34-36-38-40-43-51-62(74)69-57(64(76)59(73)49-42-39-37-35-33-21-19-17-15-13-10-7-2)54-82-68-67(79)66(78)65(77)60(83-68)53-72(63(75)52-41-11-8-3)70-84(80,81)61-50-45-46-55-56(61)47-44-48-58(55)71(4)5/h44-48,50,57,59-60,64-68,70,73,76-79H,6-43,49,51-54H2,1-5H3,(H,69,74)/t57-,59+,60+,64-,65-,66-,67+,68-/m0/s1. The summed E-state index contributed by atoms with van der Waals surface area (Å²) in [6, 6.07) is 9.07. The van der Waals surface area contributed by atoms with Gasteiger partial charge in [0, 0.05) is 43.4 Å². The lowest BCUT2D eigenvalue weighted by atomic mass is 9.98. The Labute approximate surface area is 510 Å². The molecule has 1 aliphatic heterocycles. The Hall–Kier alpha value is -2.93. The van der Waals surface area contributed by atoms with Crippen LogP contribution < -0.4 is 15.0 Å². The highest BCUT2D eigenvalue weighted by Gasteiger charge is 2.46. The van der Waals surface area contributed by atoms with Gasteiger partial charge >= 0.3 is 0 Å². The molecule has 2 amide bonds. The number of anilines is 1. The molecule has 486 valence electrons. The van der Waals surface area contributed by atoms with Crippen LogP contribution in [0.5, 0.6) is 0 Å². The molecular weight excluding hydrogens is 1080 g/mol. The van der Waals surface area contributed by atoms with Gasteiger partial charge in [-0.15, -0.1) is 4.83 Å². The Morgan fingerprint density at radius 1 is 0.548 bits per heavy atom. The maximum Gasteiger partial charge on any atom is 0.258 e. The van der Waals surface area contributed by atoms with Crippen molar-refractivity contribution in [3.05, 3.63) is 36.4 Å².